The molecule has 5 heteroatoms. The van der Waals surface area contributed by atoms with Crippen LogP contribution in [0.3, 0.4) is 0 Å². The summed E-state index contributed by atoms with van der Waals surface area (Å²) in [6.45, 7) is 4.71. The number of carbonyl (C=O) groups excluding carboxylic acids is 2. The highest BCUT2D eigenvalue weighted by Crippen LogP contribution is 2.27. The molecule has 2 heterocycles. The van der Waals surface area contributed by atoms with Crippen LogP contribution in [0.15, 0.2) is 29.6 Å². The van der Waals surface area contributed by atoms with Crippen molar-refractivity contribution in [1.29, 1.82) is 0 Å². The van der Waals surface area contributed by atoms with E-state index in [1.54, 1.807) is 0 Å². The van der Waals surface area contributed by atoms with Crippen molar-refractivity contribution in [2.24, 2.45) is 0 Å². The number of carbonyl (C=O) groups is 2. The second-order valence-electron chi connectivity index (χ2n) is 5.59. The molecule has 0 radical (unpaired) electrons. The number of rotatable bonds is 3. The van der Waals surface area contributed by atoms with Gasteiger partial charge in [0.2, 0.25) is 5.91 Å². The van der Waals surface area contributed by atoms with Crippen LogP contribution in [0, 0.1) is 13.8 Å². The Labute approximate surface area is 133 Å². The lowest BCUT2D eigenvalue weighted by atomic mass is 10.1. The topological polar surface area (TPSA) is 49.4 Å². The van der Waals surface area contributed by atoms with Gasteiger partial charge in [-0.05, 0) is 61.0 Å². The highest BCUT2D eigenvalue weighted by Gasteiger charge is 2.23. The fraction of sp³-hybridized carbons (Fsp3) is 0.294. The highest BCUT2D eigenvalue weighted by molar-refractivity contribution is 7.12. The second kappa shape index (κ2) is 5.93. The molecule has 22 heavy (non-hydrogen) atoms. The molecule has 1 fully saturated rings. The Balaban J connectivity index is 1.77. The SMILES string of the molecule is Cc1csc(C(=O)Nc2ccc(N3CCCC3=O)c(C)c2)c1. The van der Waals surface area contributed by atoms with Gasteiger partial charge >= 0.3 is 0 Å². The summed E-state index contributed by atoms with van der Waals surface area (Å²) in [5.74, 6) is 0.0800. The van der Waals surface area contributed by atoms with E-state index in [2.05, 4.69) is 5.32 Å². The molecule has 0 atom stereocenters. The maximum absolute atomic E-state index is 12.2. The van der Waals surface area contributed by atoms with Crippen molar-refractivity contribution < 1.29 is 9.59 Å². The highest BCUT2D eigenvalue weighted by atomic mass is 32.1. The summed E-state index contributed by atoms with van der Waals surface area (Å²) in [6.07, 6.45) is 1.53. The monoisotopic (exact) mass is 314 g/mol. The minimum absolute atomic E-state index is 0.0949. The van der Waals surface area contributed by atoms with Gasteiger partial charge in [-0.15, -0.1) is 11.3 Å². The van der Waals surface area contributed by atoms with Crippen LogP contribution in [-0.2, 0) is 4.79 Å². The van der Waals surface area contributed by atoms with E-state index in [-0.39, 0.29) is 11.8 Å². The number of aryl methyl sites for hydroxylation is 2. The Kier molecular flexibility index (Phi) is 3.98. The Morgan fingerprint density at radius 1 is 1.27 bits per heavy atom. The van der Waals surface area contributed by atoms with Gasteiger partial charge in [0.15, 0.2) is 0 Å². The molecule has 1 aromatic heterocycles. The van der Waals surface area contributed by atoms with Crippen LogP contribution in [0.2, 0.25) is 0 Å². The molecule has 114 valence electrons. The van der Waals surface area contributed by atoms with Crippen LogP contribution in [0.25, 0.3) is 0 Å². The number of amides is 2. The van der Waals surface area contributed by atoms with Gasteiger partial charge in [0, 0.05) is 24.3 Å². The number of benzene rings is 1. The van der Waals surface area contributed by atoms with Gasteiger partial charge < -0.3 is 10.2 Å². The normalized spacial score (nSPS) is 14.5. The van der Waals surface area contributed by atoms with E-state index >= 15 is 0 Å². The first-order chi connectivity index (χ1) is 10.5. The zero-order valence-corrected chi connectivity index (χ0v) is 13.5. The van der Waals surface area contributed by atoms with Crippen molar-refractivity contribution in [3.8, 4) is 0 Å². The number of nitrogens with one attached hydrogen (secondary N) is 1. The van der Waals surface area contributed by atoms with E-state index in [1.807, 2.05) is 48.4 Å². The lowest BCUT2D eigenvalue weighted by Crippen LogP contribution is -2.24. The molecule has 1 aliphatic rings. The van der Waals surface area contributed by atoms with Gasteiger partial charge in [0.1, 0.15) is 0 Å². The van der Waals surface area contributed by atoms with Gasteiger partial charge in [-0.25, -0.2) is 0 Å². The van der Waals surface area contributed by atoms with E-state index in [4.69, 9.17) is 0 Å². The summed E-state index contributed by atoms with van der Waals surface area (Å²) >= 11 is 1.44. The van der Waals surface area contributed by atoms with E-state index in [0.29, 0.717) is 11.3 Å². The molecule has 1 aromatic carbocycles. The summed E-state index contributed by atoms with van der Waals surface area (Å²) in [5, 5.41) is 4.87. The third-order valence-electron chi connectivity index (χ3n) is 3.77. The predicted molar refractivity (Wildman–Crippen MR) is 89.8 cm³/mol. The molecule has 0 unspecified atom stereocenters. The predicted octanol–water partition coefficient (Wildman–Crippen LogP) is 3.74. The number of thiophene rings is 1. The summed E-state index contributed by atoms with van der Waals surface area (Å²) in [6, 6.07) is 7.56. The largest absolute Gasteiger partial charge is 0.321 e. The van der Waals surface area contributed by atoms with Crippen molar-refractivity contribution in [2.75, 3.05) is 16.8 Å². The van der Waals surface area contributed by atoms with Crippen LogP contribution in [0.4, 0.5) is 11.4 Å². The Bertz CT molecular complexity index is 736. The average Bonchev–Trinajstić information content (AvgIpc) is 3.08. The van der Waals surface area contributed by atoms with E-state index in [0.717, 1.165) is 35.5 Å². The molecule has 1 N–H and O–H groups in total. The smallest absolute Gasteiger partial charge is 0.265 e. The van der Waals surface area contributed by atoms with Gasteiger partial charge in [0.25, 0.3) is 5.91 Å². The zero-order valence-electron chi connectivity index (χ0n) is 12.7. The molecular formula is C17H18N2O2S. The maximum Gasteiger partial charge on any atom is 0.265 e. The van der Waals surface area contributed by atoms with Crippen LogP contribution < -0.4 is 10.2 Å². The lowest BCUT2D eigenvalue weighted by molar-refractivity contribution is -0.117. The first-order valence-electron chi connectivity index (χ1n) is 7.32. The molecular weight excluding hydrogens is 296 g/mol. The molecule has 2 aromatic rings. The standard InChI is InChI=1S/C17H18N2O2S/c1-11-8-15(22-10-11)17(21)18-13-5-6-14(12(2)9-13)19-7-3-4-16(19)20/h5-6,8-10H,3-4,7H2,1-2H3,(H,18,21). The number of nitrogens with zero attached hydrogens (tertiary/aromatic N) is 1. The van der Waals surface area contributed by atoms with Crippen molar-refractivity contribution >= 4 is 34.5 Å². The summed E-state index contributed by atoms with van der Waals surface area (Å²) < 4.78 is 0. The molecule has 0 spiro atoms. The van der Waals surface area contributed by atoms with Gasteiger partial charge in [-0.2, -0.15) is 0 Å². The molecule has 4 nitrogen and oxygen atoms in total. The first kappa shape index (κ1) is 14.8. The summed E-state index contributed by atoms with van der Waals surface area (Å²) in [5.41, 5.74) is 3.78. The van der Waals surface area contributed by atoms with Crippen LogP contribution >= 0.6 is 11.3 Å². The van der Waals surface area contributed by atoms with Crippen LogP contribution in [0.5, 0.6) is 0 Å². The van der Waals surface area contributed by atoms with Crippen molar-refractivity contribution in [3.63, 3.8) is 0 Å². The third kappa shape index (κ3) is 2.90. The van der Waals surface area contributed by atoms with E-state index in [9.17, 15) is 9.59 Å². The van der Waals surface area contributed by atoms with Crippen molar-refractivity contribution in [1.82, 2.24) is 0 Å². The Morgan fingerprint density at radius 2 is 2.09 bits per heavy atom. The number of hydrogen-bond donors (Lipinski definition) is 1. The summed E-state index contributed by atoms with van der Waals surface area (Å²) in [4.78, 5) is 26.5. The first-order valence-corrected chi connectivity index (χ1v) is 8.20. The summed E-state index contributed by atoms with van der Waals surface area (Å²) in [7, 11) is 0. The number of anilines is 2. The lowest BCUT2D eigenvalue weighted by Gasteiger charge is -2.19. The molecule has 1 saturated heterocycles. The van der Waals surface area contributed by atoms with Crippen LogP contribution in [0.1, 0.15) is 33.6 Å². The minimum atomic E-state index is -0.0949. The fourth-order valence-corrected chi connectivity index (χ4v) is 3.47. The van der Waals surface area contributed by atoms with Crippen LogP contribution in [-0.4, -0.2) is 18.4 Å². The molecule has 0 saturated carbocycles. The molecule has 0 aliphatic carbocycles. The molecule has 0 bridgehead atoms. The second-order valence-corrected chi connectivity index (χ2v) is 6.50. The van der Waals surface area contributed by atoms with E-state index < -0.39 is 0 Å². The maximum atomic E-state index is 12.2. The molecule has 1 aliphatic heterocycles. The number of hydrogen-bond acceptors (Lipinski definition) is 3. The van der Waals surface area contributed by atoms with Crippen molar-refractivity contribution in [2.45, 2.75) is 26.7 Å². The van der Waals surface area contributed by atoms with Gasteiger partial charge in [0.05, 0.1) is 4.88 Å². The van der Waals surface area contributed by atoms with Gasteiger partial charge in [-0.3, -0.25) is 9.59 Å². The van der Waals surface area contributed by atoms with E-state index in [1.165, 1.54) is 11.3 Å². The molecule has 2 amide bonds. The zero-order chi connectivity index (χ0) is 15.7. The third-order valence-corrected chi connectivity index (χ3v) is 4.82. The Morgan fingerprint density at radius 3 is 2.68 bits per heavy atom. The van der Waals surface area contributed by atoms with Crippen molar-refractivity contribution in [3.05, 3.63) is 45.6 Å². The quantitative estimate of drug-likeness (QED) is 0.938. The minimum Gasteiger partial charge on any atom is -0.321 e. The molecule has 3 rings (SSSR count). The fourth-order valence-electron chi connectivity index (χ4n) is 2.68. The average molecular weight is 314 g/mol. The Hall–Kier alpha value is -2.14. The van der Waals surface area contributed by atoms with Gasteiger partial charge in [-0.1, -0.05) is 0 Å².